The molecule has 2 rings (SSSR count). The highest BCUT2D eigenvalue weighted by Crippen LogP contribution is 2.31. The number of halogens is 1. The second-order valence-electron chi connectivity index (χ2n) is 13.5. The van der Waals surface area contributed by atoms with Gasteiger partial charge in [-0.15, -0.1) is 0 Å². The van der Waals surface area contributed by atoms with E-state index in [-0.39, 0.29) is 22.6 Å². The number of rotatable bonds is 12. The lowest BCUT2D eigenvalue weighted by atomic mass is 9.76. The van der Waals surface area contributed by atoms with Crippen LogP contribution in [0.25, 0.3) is 0 Å². The van der Waals surface area contributed by atoms with Gasteiger partial charge in [0.2, 0.25) is 17.7 Å². The third kappa shape index (κ3) is 9.64. The molecular formula is C34H49ClN4O5S. The van der Waals surface area contributed by atoms with Gasteiger partial charge in [-0.05, 0) is 62.1 Å². The summed E-state index contributed by atoms with van der Waals surface area (Å²) in [6.45, 7) is 16.6. The molecule has 0 aromatic heterocycles. The number of hydrogen-bond donors (Lipinski definition) is 3. The van der Waals surface area contributed by atoms with Crippen molar-refractivity contribution in [1.29, 1.82) is 0 Å². The Balaban J connectivity index is 2.34. The summed E-state index contributed by atoms with van der Waals surface area (Å²) in [6.07, 6.45) is 1.59. The molecular weight excluding hydrogens is 612 g/mol. The number of likely N-dealkylation sites (N-methyl/N-ethyl adjacent to an activating group) is 2. The zero-order valence-electron chi connectivity index (χ0n) is 28.3. The summed E-state index contributed by atoms with van der Waals surface area (Å²) >= 11 is 6.24. The number of carbonyl (C=O) groups excluding carboxylic acids is 3. The zero-order chi connectivity index (χ0) is 34.5. The number of aryl methyl sites for hydroxylation is 1. The highest BCUT2D eigenvalue weighted by atomic mass is 35.5. The van der Waals surface area contributed by atoms with Gasteiger partial charge in [0.25, 0.3) is 10.0 Å². The fourth-order valence-corrected chi connectivity index (χ4v) is 6.35. The minimum atomic E-state index is -4.08. The van der Waals surface area contributed by atoms with E-state index in [1.54, 1.807) is 45.3 Å². The summed E-state index contributed by atoms with van der Waals surface area (Å²) < 4.78 is 27.8. The molecule has 0 aliphatic heterocycles. The van der Waals surface area contributed by atoms with E-state index in [0.717, 1.165) is 11.1 Å². The second-order valence-corrected chi connectivity index (χ2v) is 15.6. The number of benzene rings is 2. The van der Waals surface area contributed by atoms with Crippen LogP contribution in [0.1, 0.15) is 66.5 Å². The highest BCUT2D eigenvalue weighted by Gasteiger charge is 2.41. The molecule has 0 radical (unpaired) electrons. The van der Waals surface area contributed by atoms with Gasteiger partial charge in [-0.3, -0.25) is 14.4 Å². The molecule has 3 amide bonds. The lowest BCUT2D eigenvalue weighted by Crippen LogP contribution is -2.60. The van der Waals surface area contributed by atoms with Gasteiger partial charge < -0.3 is 15.5 Å². The van der Waals surface area contributed by atoms with Crippen LogP contribution in [0.15, 0.2) is 65.2 Å². The summed E-state index contributed by atoms with van der Waals surface area (Å²) in [5, 5.41) is 6.66. The van der Waals surface area contributed by atoms with E-state index in [4.69, 9.17) is 11.6 Å². The number of nitrogens with one attached hydrogen (secondary N) is 3. The zero-order valence-corrected chi connectivity index (χ0v) is 29.9. The van der Waals surface area contributed by atoms with E-state index in [9.17, 15) is 22.8 Å². The first kappa shape index (κ1) is 38.0. The van der Waals surface area contributed by atoms with Crippen molar-refractivity contribution in [2.75, 3.05) is 14.1 Å². The maximum Gasteiger partial charge on any atom is 0.264 e. The van der Waals surface area contributed by atoms with Gasteiger partial charge in [-0.2, -0.15) is 0 Å². The number of amides is 3. The molecule has 9 nitrogen and oxygen atoms in total. The smallest absolute Gasteiger partial charge is 0.264 e. The predicted octanol–water partition coefficient (Wildman–Crippen LogP) is 5.18. The van der Waals surface area contributed by atoms with E-state index in [2.05, 4.69) is 15.4 Å². The first-order valence-electron chi connectivity index (χ1n) is 15.0. The van der Waals surface area contributed by atoms with Gasteiger partial charge in [0.05, 0.1) is 16.9 Å². The fourth-order valence-electron chi connectivity index (χ4n) is 5.10. The lowest BCUT2D eigenvalue weighted by molar-refractivity contribution is -0.138. The average Bonchev–Trinajstić information content (AvgIpc) is 2.93. The lowest BCUT2D eigenvalue weighted by Gasteiger charge is -2.39. The summed E-state index contributed by atoms with van der Waals surface area (Å²) in [5.41, 5.74) is 0.922. The Labute approximate surface area is 274 Å². The first-order chi connectivity index (χ1) is 20.6. The van der Waals surface area contributed by atoms with Crippen LogP contribution in [0, 0.1) is 24.2 Å². The fraction of sp³-hybridized carbons (Fsp3) is 0.500. The van der Waals surface area contributed by atoms with Gasteiger partial charge in [0, 0.05) is 23.2 Å². The minimum Gasteiger partial charge on any atom is -0.342 e. The van der Waals surface area contributed by atoms with Crippen LogP contribution >= 0.6 is 11.6 Å². The Morgan fingerprint density at radius 1 is 0.911 bits per heavy atom. The quantitative estimate of drug-likeness (QED) is 0.288. The molecule has 2 aromatic carbocycles. The van der Waals surface area contributed by atoms with E-state index in [1.807, 2.05) is 73.6 Å². The maximum absolute atomic E-state index is 14.1. The average molecular weight is 661 g/mol. The largest absolute Gasteiger partial charge is 0.342 e. The highest BCUT2D eigenvalue weighted by molar-refractivity contribution is 7.90. The van der Waals surface area contributed by atoms with Crippen LogP contribution in [0.4, 0.5) is 0 Å². The minimum absolute atomic E-state index is 0.0174. The number of sulfonamides is 1. The molecule has 45 heavy (non-hydrogen) atoms. The van der Waals surface area contributed by atoms with Gasteiger partial charge in [-0.1, -0.05) is 96.0 Å². The van der Waals surface area contributed by atoms with Gasteiger partial charge in [0.15, 0.2) is 0 Å². The van der Waals surface area contributed by atoms with Crippen molar-refractivity contribution >= 4 is 39.3 Å². The van der Waals surface area contributed by atoms with Crippen LogP contribution in [0.5, 0.6) is 0 Å². The normalized spacial score (nSPS) is 14.8. The van der Waals surface area contributed by atoms with Crippen LogP contribution < -0.4 is 15.4 Å². The molecule has 0 fully saturated rings. The van der Waals surface area contributed by atoms with E-state index in [1.165, 1.54) is 17.0 Å². The number of carbonyl (C=O) groups is 3. The van der Waals surface area contributed by atoms with E-state index in [0.29, 0.717) is 10.7 Å². The molecule has 0 saturated carbocycles. The Bertz CT molecular complexity index is 1510. The van der Waals surface area contributed by atoms with Gasteiger partial charge in [0.1, 0.15) is 6.04 Å². The molecule has 248 valence electrons. The molecule has 0 aliphatic carbocycles. The van der Waals surface area contributed by atoms with Crippen LogP contribution in [0.3, 0.4) is 0 Å². The topological polar surface area (TPSA) is 125 Å². The van der Waals surface area contributed by atoms with Crippen molar-refractivity contribution in [3.63, 3.8) is 0 Å². The molecule has 11 heteroatoms. The van der Waals surface area contributed by atoms with Crippen LogP contribution in [-0.2, 0) is 29.8 Å². The molecule has 3 atom stereocenters. The van der Waals surface area contributed by atoms with Gasteiger partial charge >= 0.3 is 0 Å². The predicted molar refractivity (Wildman–Crippen MR) is 180 cm³/mol. The van der Waals surface area contributed by atoms with Crippen molar-refractivity contribution in [2.45, 2.75) is 84.7 Å². The molecule has 0 saturated heterocycles. The summed E-state index contributed by atoms with van der Waals surface area (Å²) in [4.78, 5) is 42.3. The summed E-state index contributed by atoms with van der Waals surface area (Å²) in [6, 6.07) is 11.9. The molecule has 3 N–H and O–H groups in total. The third-order valence-electron chi connectivity index (χ3n) is 7.95. The Kier molecular flexibility index (Phi) is 12.6. The van der Waals surface area contributed by atoms with Gasteiger partial charge in [-0.25, -0.2) is 13.1 Å². The van der Waals surface area contributed by atoms with Crippen LogP contribution in [0.2, 0.25) is 5.02 Å². The van der Waals surface area contributed by atoms with Crippen molar-refractivity contribution in [3.05, 3.63) is 76.5 Å². The molecule has 3 unspecified atom stereocenters. The van der Waals surface area contributed by atoms with E-state index >= 15 is 0 Å². The Hall–Kier alpha value is -3.21. The maximum atomic E-state index is 14.1. The molecule has 0 spiro atoms. The second kappa shape index (κ2) is 14.9. The summed E-state index contributed by atoms with van der Waals surface area (Å²) in [5.74, 6) is -2.53. The Morgan fingerprint density at radius 2 is 1.49 bits per heavy atom. The first-order valence-corrected chi connectivity index (χ1v) is 16.9. The molecule has 2 aromatic rings. The van der Waals surface area contributed by atoms with Crippen molar-refractivity contribution in [2.24, 2.45) is 17.3 Å². The SMILES string of the molecule is CNC(C(=O)NC(C(=O)N(C)/C(=C/C(C)C(=O)NS(=O)(=O)c1ccc(C)cc1)C(C)C)C(C)(C)C)C(C)(C)c1cccc(Cl)c1. The Morgan fingerprint density at radius 3 is 1.98 bits per heavy atom. The van der Waals surface area contributed by atoms with E-state index < -0.39 is 44.8 Å². The monoisotopic (exact) mass is 660 g/mol. The number of nitrogens with zero attached hydrogens (tertiary/aromatic N) is 1. The number of allylic oxidation sites excluding steroid dienone is 1. The summed E-state index contributed by atoms with van der Waals surface area (Å²) in [7, 11) is -0.784. The van der Waals surface area contributed by atoms with Crippen molar-refractivity contribution < 1.29 is 22.8 Å². The molecule has 0 aliphatic rings. The number of hydrogen-bond acceptors (Lipinski definition) is 6. The van der Waals surface area contributed by atoms with Crippen molar-refractivity contribution in [1.82, 2.24) is 20.3 Å². The van der Waals surface area contributed by atoms with Crippen molar-refractivity contribution in [3.8, 4) is 0 Å². The van der Waals surface area contributed by atoms with Crippen LogP contribution in [-0.4, -0.2) is 57.2 Å². The molecule has 0 bridgehead atoms. The third-order valence-corrected chi connectivity index (χ3v) is 9.55. The molecule has 0 heterocycles. The standard InChI is InChI=1S/C34H49ClN4O5S/c1-21(2)27(19-23(4)30(40)38-45(43,44)26-17-15-22(3)16-18-26)39(11)32(42)29(33(5,6)7)37-31(41)28(36-10)34(8,9)24-13-12-14-25(35)20-24/h12-21,23,28-29,36H,1-11H3,(H,37,41)(H,38,40)/b27-19+.